The topological polar surface area (TPSA) is 69.7 Å². The maximum atomic E-state index is 14.4. The van der Waals surface area contributed by atoms with Crippen molar-refractivity contribution in [2.75, 3.05) is 29.7 Å². The zero-order valence-electron chi connectivity index (χ0n) is 14.9. The first-order valence-corrected chi connectivity index (χ1v) is 10.9. The number of rotatable bonds is 3. The van der Waals surface area contributed by atoms with Crippen LogP contribution in [0.15, 0.2) is 18.2 Å². The number of nitrogens with zero attached hydrogens (tertiary/aromatic N) is 2. The van der Waals surface area contributed by atoms with Gasteiger partial charge in [0.2, 0.25) is 10.0 Å². The molecule has 0 atom stereocenters. The smallest absolute Gasteiger partial charge is 0.317 e. The molecular weight excluding hydrogens is 357 g/mol. The molecule has 2 amide bonds. The van der Waals surface area contributed by atoms with Crippen LogP contribution in [0.5, 0.6) is 0 Å². The van der Waals surface area contributed by atoms with Gasteiger partial charge in [-0.3, -0.25) is 4.31 Å². The Hall–Kier alpha value is -1.83. The van der Waals surface area contributed by atoms with Crippen molar-refractivity contribution >= 4 is 21.7 Å². The molecule has 2 heterocycles. The maximum absolute atomic E-state index is 14.4. The van der Waals surface area contributed by atoms with Crippen molar-refractivity contribution in [3.63, 3.8) is 0 Å². The zero-order valence-corrected chi connectivity index (χ0v) is 15.7. The number of amides is 2. The van der Waals surface area contributed by atoms with E-state index >= 15 is 0 Å². The average molecular weight is 383 g/mol. The molecule has 0 aliphatic carbocycles. The van der Waals surface area contributed by atoms with Crippen LogP contribution >= 0.6 is 0 Å². The van der Waals surface area contributed by atoms with E-state index in [0.717, 1.165) is 43.1 Å². The molecule has 2 aliphatic rings. The quantitative estimate of drug-likeness (QED) is 0.873. The van der Waals surface area contributed by atoms with Gasteiger partial charge < -0.3 is 10.2 Å². The monoisotopic (exact) mass is 383 g/mol. The second-order valence-electron chi connectivity index (χ2n) is 6.94. The summed E-state index contributed by atoms with van der Waals surface area (Å²) in [5.41, 5.74) is 0.699. The summed E-state index contributed by atoms with van der Waals surface area (Å²) in [6, 6.07) is 4.32. The second kappa shape index (κ2) is 8.24. The molecule has 0 aromatic heterocycles. The van der Waals surface area contributed by atoms with E-state index in [1.807, 2.05) is 4.90 Å². The Morgan fingerprint density at radius 1 is 1.04 bits per heavy atom. The fourth-order valence-corrected chi connectivity index (χ4v) is 5.08. The molecule has 0 bridgehead atoms. The zero-order chi connectivity index (χ0) is 18.6. The van der Waals surface area contributed by atoms with Crippen molar-refractivity contribution < 1.29 is 17.6 Å². The van der Waals surface area contributed by atoms with Crippen LogP contribution in [0.25, 0.3) is 0 Å². The number of sulfonamides is 1. The van der Waals surface area contributed by atoms with E-state index < -0.39 is 15.8 Å². The van der Waals surface area contributed by atoms with Crippen LogP contribution in [0.3, 0.4) is 0 Å². The summed E-state index contributed by atoms with van der Waals surface area (Å²) in [6.07, 6.45) is 6.07. The number of likely N-dealkylation sites (tertiary alicyclic amines) is 1. The average Bonchev–Trinajstić information content (AvgIpc) is 2.91. The molecule has 26 heavy (non-hydrogen) atoms. The van der Waals surface area contributed by atoms with Gasteiger partial charge in [-0.2, -0.15) is 0 Å². The SMILES string of the molecule is O=C(NCc1ccc(N2CCCS2(=O)=O)c(F)c1)N1CCCCCCC1. The first kappa shape index (κ1) is 18.9. The molecule has 2 saturated heterocycles. The van der Waals surface area contributed by atoms with Gasteiger partial charge in [-0.05, 0) is 37.0 Å². The Bertz CT molecular complexity index is 746. The van der Waals surface area contributed by atoms with Gasteiger partial charge in [0.1, 0.15) is 5.82 Å². The van der Waals surface area contributed by atoms with Gasteiger partial charge in [0.05, 0.1) is 11.4 Å². The van der Waals surface area contributed by atoms with Crippen molar-refractivity contribution in [2.24, 2.45) is 0 Å². The number of carbonyl (C=O) groups is 1. The molecular formula is C18H26FN3O3S. The molecule has 0 saturated carbocycles. The van der Waals surface area contributed by atoms with Crippen molar-refractivity contribution in [3.8, 4) is 0 Å². The molecule has 1 aromatic carbocycles. The highest BCUT2D eigenvalue weighted by Gasteiger charge is 2.30. The van der Waals surface area contributed by atoms with Gasteiger partial charge in [0.15, 0.2) is 0 Å². The molecule has 0 unspecified atom stereocenters. The summed E-state index contributed by atoms with van der Waals surface area (Å²) in [7, 11) is -3.41. The number of carbonyl (C=O) groups excluding carboxylic acids is 1. The lowest BCUT2D eigenvalue weighted by Gasteiger charge is -2.25. The predicted octanol–water partition coefficient (Wildman–Crippen LogP) is 2.84. The lowest BCUT2D eigenvalue weighted by molar-refractivity contribution is 0.192. The van der Waals surface area contributed by atoms with Crippen LogP contribution in [0, 0.1) is 5.82 Å². The standard InChI is InChI=1S/C18H26FN3O3S/c19-16-13-15(7-8-17(16)22-11-6-12-26(22,24)25)14-20-18(23)21-9-4-2-1-3-5-10-21/h7-8,13H,1-6,9-12,14H2,(H,20,23). The molecule has 0 spiro atoms. The van der Waals surface area contributed by atoms with Crippen LogP contribution in [-0.4, -0.2) is 44.7 Å². The number of anilines is 1. The van der Waals surface area contributed by atoms with E-state index in [-0.39, 0.29) is 24.0 Å². The summed E-state index contributed by atoms with van der Waals surface area (Å²) in [5.74, 6) is -0.520. The molecule has 6 nitrogen and oxygen atoms in total. The van der Waals surface area contributed by atoms with Gasteiger partial charge >= 0.3 is 6.03 Å². The normalized spacial score (nSPS) is 20.5. The van der Waals surface area contributed by atoms with Crippen molar-refractivity contribution in [3.05, 3.63) is 29.6 Å². The fraction of sp³-hybridized carbons (Fsp3) is 0.611. The maximum Gasteiger partial charge on any atom is 0.317 e. The van der Waals surface area contributed by atoms with E-state index in [2.05, 4.69) is 5.32 Å². The lowest BCUT2D eigenvalue weighted by Crippen LogP contribution is -2.41. The Morgan fingerprint density at radius 3 is 2.35 bits per heavy atom. The molecule has 1 aromatic rings. The lowest BCUT2D eigenvalue weighted by atomic mass is 10.1. The van der Waals surface area contributed by atoms with Crippen molar-refractivity contribution in [1.82, 2.24) is 10.2 Å². The van der Waals surface area contributed by atoms with Crippen LogP contribution < -0.4 is 9.62 Å². The Morgan fingerprint density at radius 2 is 1.73 bits per heavy atom. The largest absolute Gasteiger partial charge is 0.334 e. The fourth-order valence-electron chi connectivity index (χ4n) is 3.51. The van der Waals surface area contributed by atoms with E-state index in [1.54, 1.807) is 6.07 Å². The molecule has 3 rings (SSSR count). The minimum Gasteiger partial charge on any atom is -0.334 e. The highest BCUT2D eigenvalue weighted by molar-refractivity contribution is 7.93. The summed E-state index contributed by atoms with van der Waals surface area (Å²) >= 11 is 0. The summed E-state index contributed by atoms with van der Waals surface area (Å²) < 4.78 is 39.4. The summed E-state index contributed by atoms with van der Waals surface area (Å²) in [6.45, 7) is 2.04. The minimum atomic E-state index is -3.41. The van der Waals surface area contributed by atoms with Crippen LogP contribution in [0.4, 0.5) is 14.9 Å². The number of benzene rings is 1. The Labute approximate surface area is 154 Å². The molecule has 1 N–H and O–H groups in total. The minimum absolute atomic E-state index is 0.0556. The van der Waals surface area contributed by atoms with Gasteiger partial charge in [0.25, 0.3) is 0 Å². The molecule has 2 aliphatic heterocycles. The van der Waals surface area contributed by atoms with Crippen molar-refractivity contribution in [2.45, 2.75) is 45.1 Å². The third kappa shape index (κ3) is 4.47. The van der Waals surface area contributed by atoms with E-state index in [4.69, 9.17) is 0 Å². The Kier molecular flexibility index (Phi) is 6.01. The molecule has 144 valence electrons. The van der Waals surface area contributed by atoms with Gasteiger partial charge in [-0.1, -0.05) is 25.3 Å². The highest BCUT2D eigenvalue weighted by Crippen LogP contribution is 2.27. The number of hydrogen-bond donors (Lipinski definition) is 1. The molecule has 2 fully saturated rings. The number of urea groups is 1. The highest BCUT2D eigenvalue weighted by atomic mass is 32.2. The van der Waals surface area contributed by atoms with Gasteiger partial charge in [0, 0.05) is 26.2 Å². The van der Waals surface area contributed by atoms with Crippen LogP contribution in [0.2, 0.25) is 0 Å². The third-order valence-corrected chi connectivity index (χ3v) is 6.82. The van der Waals surface area contributed by atoms with E-state index in [0.29, 0.717) is 18.5 Å². The summed E-state index contributed by atoms with van der Waals surface area (Å²) in [5, 5.41) is 2.84. The molecule has 8 heteroatoms. The van der Waals surface area contributed by atoms with E-state index in [1.165, 1.54) is 18.6 Å². The molecule has 0 radical (unpaired) electrons. The first-order chi connectivity index (χ1) is 12.5. The van der Waals surface area contributed by atoms with E-state index in [9.17, 15) is 17.6 Å². The number of nitrogens with one attached hydrogen (secondary N) is 1. The number of halogens is 1. The van der Waals surface area contributed by atoms with Crippen LogP contribution in [-0.2, 0) is 16.6 Å². The summed E-state index contributed by atoms with van der Waals surface area (Å²) in [4.78, 5) is 14.1. The third-order valence-electron chi connectivity index (χ3n) is 4.97. The van der Waals surface area contributed by atoms with Crippen LogP contribution in [0.1, 0.15) is 44.1 Å². The predicted molar refractivity (Wildman–Crippen MR) is 99.0 cm³/mol. The van der Waals surface area contributed by atoms with Crippen molar-refractivity contribution in [1.29, 1.82) is 0 Å². The number of hydrogen-bond acceptors (Lipinski definition) is 3. The van der Waals surface area contributed by atoms with Gasteiger partial charge in [-0.25, -0.2) is 17.6 Å². The second-order valence-corrected chi connectivity index (χ2v) is 8.95. The van der Waals surface area contributed by atoms with Gasteiger partial charge in [-0.15, -0.1) is 0 Å². The Balaban J connectivity index is 1.60. The first-order valence-electron chi connectivity index (χ1n) is 9.29.